The molecule has 1 aromatic carbocycles. The quantitative estimate of drug-likeness (QED) is 0.135. The first-order chi connectivity index (χ1) is 16.3. The topological polar surface area (TPSA) is 251 Å². The number of rotatable bonds is 14. The van der Waals surface area contributed by atoms with E-state index in [0.29, 0.717) is 5.56 Å². The molecule has 0 heterocycles. The van der Waals surface area contributed by atoms with Crippen LogP contribution in [0.15, 0.2) is 24.3 Å². The molecule has 0 aliphatic carbocycles. The van der Waals surface area contributed by atoms with Crippen molar-refractivity contribution in [2.24, 2.45) is 11.5 Å². The Kier molecular flexibility index (Phi) is 11.1. The minimum atomic E-state index is -1.77. The molecule has 0 bridgehead atoms. The zero-order valence-electron chi connectivity index (χ0n) is 18.9. The standard InChI is InChI=1S/C21H29N5O9/c1-10(24-19(32)13(22)8-11-2-4-12(27)5-3-11)18(31)25-14(6-7-16(23)28)20(33)26-15(21(34)35)9-17(29)30/h2-5,10,13-15,27H,6-9,22H2,1H3,(H2,23,28)(H,24,32)(H,25,31)(H,26,33)(H,29,30)(H,34,35). The molecule has 0 saturated heterocycles. The van der Waals surface area contributed by atoms with Crippen molar-refractivity contribution in [3.05, 3.63) is 29.8 Å². The number of amides is 4. The molecule has 35 heavy (non-hydrogen) atoms. The Labute approximate surface area is 200 Å². The number of benzene rings is 1. The number of nitrogens with two attached hydrogens (primary N) is 2. The van der Waals surface area contributed by atoms with Crippen molar-refractivity contribution < 1.29 is 44.1 Å². The first-order valence-corrected chi connectivity index (χ1v) is 10.5. The first-order valence-electron chi connectivity index (χ1n) is 10.5. The summed E-state index contributed by atoms with van der Waals surface area (Å²) >= 11 is 0. The van der Waals surface area contributed by atoms with Gasteiger partial charge < -0.3 is 42.7 Å². The van der Waals surface area contributed by atoms with Crippen LogP contribution in [0.1, 0.15) is 31.7 Å². The molecule has 1 aromatic rings. The van der Waals surface area contributed by atoms with Crippen LogP contribution >= 0.6 is 0 Å². The molecule has 0 aliphatic rings. The molecule has 0 aliphatic heterocycles. The number of phenols is 1. The fourth-order valence-electron chi connectivity index (χ4n) is 2.86. The van der Waals surface area contributed by atoms with Crippen LogP contribution in [-0.2, 0) is 35.2 Å². The second-order valence-corrected chi connectivity index (χ2v) is 7.77. The van der Waals surface area contributed by atoms with Gasteiger partial charge in [0.15, 0.2) is 0 Å². The fraction of sp³-hybridized carbons (Fsp3) is 0.429. The lowest BCUT2D eigenvalue weighted by atomic mass is 10.1. The summed E-state index contributed by atoms with van der Waals surface area (Å²) in [6.07, 6.45) is -1.44. The van der Waals surface area contributed by atoms with Crippen LogP contribution in [0.25, 0.3) is 0 Å². The number of aromatic hydroxyl groups is 1. The van der Waals surface area contributed by atoms with Gasteiger partial charge >= 0.3 is 11.9 Å². The molecule has 1 rings (SSSR count). The molecule has 192 valence electrons. The van der Waals surface area contributed by atoms with Gasteiger partial charge in [0.2, 0.25) is 23.6 Å². The number of aliphatic carboxylic acids is 2. The van der Waals surface area contributed by atoms with Crippen LogP contribution in [0, 0.1) is 0 Å². The van der Waals surface area contributed by atoms with Crippen LogP contribution in [0.3, 0.4) is 0 Å². The van der Waals surface area contributed by atoms with Gasteiger partial charge in [0, 0.05) is 6.42 Å². The predicted molar refractivity (Wildman–Crippen MR) is 120 cm³/mol. The van der Waals surface area contributed by atoms with Crippen LogP contribution in [0.4, 0.5) is 0 Å². The lowest BCUT2D eigenvalue weighted by Gasteiger charge is -2.23. The van der Waals surface area contributed by atoms with E-state index in [9.17, 15) is 33.9 Å². The molecule has 14 heteroatoms. The van der Waals surface area contributed by atoms with Crippen molar-refractivity contribution in [1.29, 1.82) is 0 Å². The summed E-state index contributed by atoms with van der Waals surface area (Å²) in [5.74, 6) is -6.39. The van der Waals surface area contributed by atoms with E-state index in [1.807, 2.05) is 5.32 Å². The number of hydrogen-bond donors (Lipinski definition) is 8. The second-order valence-electron chi connectivity index (χ2n) is 7.77. The van der Waals surface area contributed by atoms with E-state index in [-0.39, 0.29) is 25.0 Å². The number of carboxylic acid groups (broad SMARTS) is 2. The monoisotopic (exact) mass is 495 g/mol. The second kappa shape index (κ2) is 13.5. The van der Waals surface area contributed by atoms with E-state index in [1.165, 1.54) is 19.1 Å². The highest BCUT2D eigenvalue weighted by Gasteiger charge is 2.30. The summed E-state index contributed by atoms with van der Waals surface area (Å²) in [6.45, 7) is 1.31. The van der Waals surface area contributed by atoms with Crippen LogP contribution in [-0.4, -0.2) is 75.1 Å². The van der Waals surface area contributed by atoms with E-state index in [0.717, 1.165) is 0 Å². The van der Waals surface area contributed by atoms with Crippen LogP contribution < -0.4 is 27.4 Å². The minimum Gasteiger partial charge on any atom is -0.508 e. The molecule has 0 saturated carbocycles. The summed E-state index contributed by atoms with van der Waals surface area (Å²) < 4.78 is 0. The van der Waals surface area contributed by atoms with Crippen molar-refractivity contribution in [2.45, 2.75) is 56.8 Å². The van der Waals surface area contributed by atoms with E-state index in [4.69, 9.17) is 21.7 Å². The summed E-state index contributed by atoms with van der Waals surface area (Å²) in [6, 6.07) is 0.600. The average molecular weight is 495 g/mol. The van der Waals surface area contributed by atoms with Crippen molar-refractivity contribution >= 4 is 35.6 Å². The fourth-order valence-corrected chi connectivity index (χ4v) is 2.86. The SMILES string of the molecule is CC(NC(=O)C(N)Cc1ccc(O)cc1)C(=O)NC(CCC(N)=O)C(=O)NC(CC(=O)O)C(=O)O. The first kappa shape index (κ1) is 28.8. The minimum absolute atomic E-state index is 0.0460. The Hall–Kier alpha value is -4.20. The molecule has 0 radical (unpaired) electrons. The molecule has 14 nitrogen and oxygen atoms in total. The Balaban J connectivity index is 2.79. The molecular formula is C21H29N5O9. The summed E-state index contributed by atoms with van der Waals surface area (Å²) in [4.78, 5) is 70.6. The van der Waals surface area contributed by atoms with E-state index < -0.39 is 66.2 Å². The predicted octanol–water partition coefficient (Wildman–Crippen LogP) is -2.44. The lowest BCUT2D eigenvalue weighted by molar-refractivity contribution is -0.147. The van der Waals surface area contributed by atoms with Crippen LogP contribution in [0.5, 0.6) is 5.75 Å². The lowest BCUT2D eigenvalue weighted by Crippen LogP contribution is -2.56. The van der Waals surface area contributed by atoms with Gasteiger partial charge in [-0.15, -0.1) is 0 Å². The highest BCUT2D eigenvalue weighted by atomic mass is 16.4. The van der Waals surface area contributed by atoms with Gasteiger partial charge in [-0.3, -0.25) is 24.0 Å². The van der Waals surface area contributed by atoms with Crippen molar-refractivity contribution in [1.82, 2.24) is 16.0 Å². The summed E-state index contributed by atoms with van der Waals surface area (Å²) in [5, 5.41) is 33.9. The molecule has 4 unspecified atom stereocenters. The van der Waals surface area contributed by atoms with Gasteiger partial charge in [-0.25, -0.2) is 4.79 Å². The van der Waals surface area contributed by atoms with Gasteiger partial charge in [0.05, 0.1) is 12.5 Å². The third kappa shape index (κ3) is 10.5. The van der Waals surface area contributed by atoms with Crippen molar-refractivity contribution in [3.63, 3.8) is 0 Å². The maximum Gasteiger partial charge on any atom is 0.326 e. The molecular weight excluding hydrogens is 466 g/mol. The van der Waals surface area contributed by atoms with Crippen molar-refractivity contribution in [3.8, 4) is 5.75 Å². The Morgan fingerprint density at radius 3 is 1.97 bits per heavy atom. The summed E-state index contributed by atoms with van der Waals surface area (Å²) in [7, 11) is 0. The maximum atomic E-state index is 12.6. The molecule has 4 amide bonds. The van der Waals surface area contributed by atoms with E-state index in [2.05, 4.69) is 10.6 Å². The van der Waals surface area contributed by atoms with Gasteiger partial charge in [0.25, 0.3) is 0 Å². The van der Waals surface area contributed by atoms with E-state index in [1.54, 1.807) is 12.1 Å². The molecule has 0 aromatic heterocycles. The summed E-state index contributed by atoms with van der Waals surface area (Å²) in [5.41, 5.74) is 11.6. The molecule has 10 N–H and O–H groups in total. The molecule has 4 atom stereocenters. The van der Waals surface area contributed by atoms with Gasteiger partial charge in [0.1, 0.15) is 23.9 Å². The average Bonchev–Trinajstić information content (AvgIpc) is 2.76. The largest absolute Gasteiger partial charge is 0.508 e. The number of carbonyl (C=O) groups excluding carboxylic acids is 4. The third-order valence-electron chi connectivity index (χ3n) is 4.79. The number of phenolic OH excluding ortho intramolecular Hbond substituents is 1. The maximum absolute atomic E-state index is 12.6. The van der Waals surface area contributed by atoms with Gasteiger partial charge in [-0.1, -0.05) is 12.1 Å². The van der Waals surface area contributed by atoms with E-state index >= 15 is 0 Å². The number of hydrogen-bond acceptors (Lipinski definition) is 8. The van der Waals surface area contributed by atoms with Gasteiger partial charge in [-0.2, -0.15) is 0 Å². The zero-order chi connectivity index (χ0) is 26.7. The number of carbonyl (C=O) groups is 6. The van der Waals surface area contributed by atoms with Gasteiger partial charge in [-0.05, 0) is 37.5 Å². The Bertz CT molecular complexity index is 951. The Morgan fingerprint density at radius 1 is 0.886 bits per heavy atom. The molecule has 0 spiro atoms. The Morgan fingerprint density at radius 2 is 1.46 bits per heavy atom. The number of carboxylic acids is 2. The molecule has 0 fully saturated rings. The third-order valence-corrected chi connectivity index (χ3v) is 4.79. The van der Waals surface area contributed by atoms with Crippen molar-refractivity contribution in [2.75, 3.05) is 0 Å². The smallest absolute Gasteiger partial charge is 0.326 e. The normalized spacial score (nSPS) is 14.0. The number of nitrogens with one attached hydrogen (secondary N) is 3. The highest BCUT2D eigenvalue weighted by Crippen LogP contribution is 2.11. The zero-order valence-corrected chi connectivity index (χ0v) is 18.9. The van der Waals surface area contributed by atoms with Crippen LogP contribution in [0.2, 0.25) is 0 Å². The number of primary amides is 1. The highest BCUT2D eigenvalue weighted by molar-refractivity contribution is 5.94.